The van der Waals surface area contributed by atoms with Gasteiger partial charge in [0, 0.05) is 29.8 Å². The monoisotopic (exact) mass is 477 g/mol. The Kier molecular flexibility index (Phi) is 5.56. The molecule has 0 N–H and O–H groups in total. The van der Waals surface area contributed by atoms with Gasteiger partial charge >= 0.3 is 6.18 Å². The van der Waals surface area contributed by atoms with Crippen LogP contribution in [-0.4, -0.2) is 29.2 Å². The fourth-order valence-electron chi connectivity index (χ4n) is 3.13. The molecule has 0 atom stereocenters. The molecule has 32 heavy (non-hydrogen) atoms. The van der Waals surface area contributed by atoms with Crippen molar-refractivity contribution < 1.29 is 21.6 Å². The van der Waals surface area contributed by atoms with Gasteiger partial charge in [-0.05, 0) is 42.0 Å². The second-order valence-electron chi connectivity index (χ2n) is 7.00. The second kappa shape index (κ2) is 8.07. The van der Waals surface area contributed by atoms with Gasteiger partial charge in [0.2, 0.25) is 0 Å². The van der Waals surface area contributed by atoms with Crippen LogP contribution in [0, 0.1) is 0 Å². The summed E-state index contributed by atoms with van der Waals surface area (Å²) >= 11 is 6.19. The van der Waals surface area contributed by atoms with Gasteiger partial charge in [-0.25, -0.2) is 18.4 Å². The number of nitrogens with zero attached hydrogens (tertiary/aromatic N) is 3. The van der Waals surface area contributed by atoms with E-state index in [1.54, 1.807) is 42.5 Å². The van der Waals surface area contributed by atoms with Gasteiger partial charge in [-0.3, -0.25) is 4.57 Å². The van der Waals surface area contributed by atoms with E-state index in [2.05, 4.69) is 9.97 Å². The number of pyridine rings is 1. The fourth-order valence-corrected chi connectivity index (χ4v) is 4.02. The summed E-state index contributed by atoms with van der Waals surface area (Å²) in [4.78, 5) is 8.20. The molecule has 4 aromatic rings. The highest BCUT2D eigenvalue weighted by Gasteiger charge is 2.35. The Balaban J connectivity index is 1.80. The molecule has 2 aromatic carbocycles. The smallest absolute Gasteiger partial charge is 0.283 e. The fraction of sp³-hybridized carbons (Fsp3) is 0.0909. The Labute approximate surface area is 187 Å². The Morgan fingerprint density at radius 2 is 1.72 bits per heavy atom. The van der Waals surface area contributed by atoms with E-state index in [9.17, 15) is 21.6 Å². The number of rotatable bonds is 4. The zero-order valence-electron chi connectivity index (χ0n) is 16.5. The Morgan fingerprint density at radius 3 is 2.34 bits per heavy atom. The highest BCUT2D eigenvalue weighted by Crippen LogP contribution is 2.34. The summed E-state index contributed by atoms with van der Waals surface area (Å²) < 4.78 is 64.9. The lowest BCUT2D eigenvalue weighted by Crippen LogP contribution is -2.05. The molecule has 0 aliphatic heterocycles. The van der Waals surface area contributed by atoms with Crippen LogP contribution in [0.5, 0.6) is 0 Å². The first-order valence-corrected chi connectivity index (χ1v) is 11.5. The average Bonchev–Trinajstić information content (AvgIpc) is 3.19. The van der Waals surface area contributed by atoms with Crippen molar-refractivity contribution in [2.24, 2.45) is 0 Å². The summed E-state index contributed by atoms with van der Waals surface area (Å²) in [7, 11) is -3.39. The molecule has 0 bridgehead atoms. The van der Waals surface area contributed by atoms with Gasteiger partial charge in [-0.1, -0.05) is 35.9 Å². The van der Waals surface area contributed by atoms with E-state index >= 15 is 0 Å². The minimum absolute atomic E-state index is 0.00208. The van der Waals surface area contributed by atoms with Crippen LogP contribution in [0.15, 0.2) is 78.0 Å². The molecule has 0 aliphatic carbocycles. The largest absolute Gasteiger partial charge is 0.434 e. The number of alkyl halides is 3. The van der Waals surface area contributed by atoms with Crippen molar-refractivity contribution in [1.82, 2.24) is 14.5 Å². The molecular formula is C22H15ClF3N3O2S. The minimum Gasteiger partial charge on any atom is -0.283 e. The third-order valence-corrected chi connectivity index (χ3v) is 6.14. The van der Waals surface area contributed by atoms with Gasteiger partial charge in [-0.15, -0.1) is 0 Å². The van der Waals surface area contributed by atoms with Gasteiger partial charge in [0.1, 0.15) is 11.6 Å². The molecule has 10 heteroatoms. The first-order valence-electron chi connectivity index (χ1n) is 9.22. The van der Waals surface area contributed by atoms with Crippen molar-refractivity contribution in [3.63, 3.8) is 0 Å². The lowest BCUT2D eigenvalue weighted by molar-refractivity contribution is -0.140. The maximum atomic E-state index is 13.4. The third-order valence-electron chi connectivity index (χ3n) is 4.70. The Morgan fingerprint density at radius 1 is 0.969 bits per heavy atom. The highest BCUT2D eigenvalue weighted by molar-refractivity contribution is 7.90. The summed E-state index contributed by atoms with van der Waals surface area (Å²) in [5.74, 6) is 0.202. The summed E-state index contributed by atoms with van der Waals surface area (Å²) in [6.45, 7) is 0. The van der Waals surface area contributed by atoms with Gasteiger partial charge < -0.3 is 0 Å². The quantitative estimate of drug-likeness (QED) is 0.379. The van der Waals surface area contributed by atoms with E-state index in [1.807, 2.05) is 0 Å². The lowest BCUT2D eigenvalue weighted by Gasteiger charge is -2.09. The number of imidazole rings is 1. The van der Waals surface area contributed by atoms with Crippen LogP contribution in [0.25, 0.3) is 28.3 Å². The van der Waals surface area contributed by atoms with E-state index in [0.29, 0.717) is 16.7 Å². The van der Waals surface area contributed by atoms with E-state index < -0.39 is 21.7 Å². The summed E-state index contributed by atoms with van der Waals surface area (Å²) in [6.07, 6.45) is -1.21. The minimum atomic E-state index is -4.65. The Hall–Kier alpha value is -3.17. The number of halogens is 4. The van der Waals surface area contributed by atoms with Gasteiger partial charge in [0.25, 0.3) is 0 Å². The van der Waals surface area contributed by atoms with Crippen LogP contribution in [-0.2, 0) is 16.0 Å². The zero-order valence-corrected chi connectivity index (χ0v) is 18.1. The molecule has 0 saturated carbocycles. The van der Waals surface area contributed by atoms with Gasteiger partial charge in [0.05, 0.1) is 9.92 Å². The van der Waals surface area contributed by atoms with Crippen LogP contribution in [0.4, 0.5) is 13.2 Å². The maximum absolute atomic E-state index is 13.4. The first-order chi connectivity index (χ1) is 15.0. The molecule has 2 aromatic heterocycles. The topological polar surface area (TPSA) is 64.8 Å². The van der Waals surface area contributed by atoms with Crippen LogP contribution in [0.1, 0.15) is 5.69 Å². The Bertz CT molecular complexity index is 1400. The van der Waals surface area contributed by atoms with Crippen LogP contribution >= 0.6 is 11.6 Å². The normalized spacial score (nSPS) is 12.2. The zero-order chi connectivity index (χ0) is 23.1. The molecule has 0 radical (unpaired) electrons. The molecule has 0 unspecified atom stereocenters. The van der Waals surface area contributed by atoms with Crippen molar-refractivity contribution in [2.45, 2.75) is 11.1 Å². The van der Waals surface area contributed by atoms with Gasteiger partial charge in [0.15, 0.2) is 15.5 Å². The van der Waals surface area contributed by atoms with Crippen molar-refractivity contribution >= 4 is 21.4 Å². The number of hydrogen-bond acceptors (Lipinski definition) is 4. The van der Waals surface area contributed by atoms with E-state index in [-0.39, 0.29) is 21.6 Å². The van der Waals surface area contributed by atoms with Crippen molar-refractivity contribution in [3.05, 3.63) is 83.8 Å². The van der Waals surface area contributed by atoms with Crippen LogP contribution in [0.3, 0.4) is 0 Å². The number of benzene rings is 2. The maximum Gasteiger partial charge on any atom is 0.434 e. The van der Waals surface area contributed by atoms with Crippen molar-refractivity contribution in [3.8, 4) is 28.3 Å². The molecule has 164 valence electrons. The first kappa shape index (κ1) is 22.0. The average molecular weight is 478 g/mol. The summed E-state index contributed by atoms with van der Waals surface area (Å²) in [5, 5.41) is 0.252. The number of hydrogen-bond donors (Lipinski definition) is 0. The molecule has 0 amide bonds. The predicted molar refractivity (Wildman–Crippen MR) is 115 cm³/mol. The molecule has 0 fully saturated rings. The highest BCUT2D eigenvalue weighted by atomic mass is 35.5. The van der Waals surface area contributed by atoms with E-state index in [1.165, 1.54) is 29.0 Å². The summed E-state index contributed by atoms with van der Waals surface area (Å²) in [5.41, 5.74) is 0.477. The molecule has 4 rings (SSSR count). The standard InChI is InChI=1S/C22H15ClF3N3O2S/c1-32(30,31)16-6-4-5-14(11-16)15-9-10-20(27-12-15)29-13-19(22(24,25)26)28-21(29)17-7-2-3-8-18(17)23/h2-13H,1H3. The van der Waals surface area contributed by atoms with Crippen LogP contribution in [0.2, 0.25) is 5.02 Å². The predicted octanol–water partition coefficient (Wildman–Crippen LogP) is 5.68. The molecule has 0 saturated heterocycles. The van der Waals surface area contributed by atoms with E-state index in [0.717, 1.165) is 12.5 Å². The third kappa shape index (κ3) is 4.39. The lowest BCUT2D eigenvalue weighted by atomic mass is 10.1. The van der Waals surface area contributed by atoms with Gasteiger partial charge in [-0.2, -0.15) is 13.2 Å². The van der Waals surface area contributed by atoms with E-state index in [4.69, 9.17) is 11.6 Å². The number of sulfone groups is 1. The second-order valence-corrected chi connectivity index (χ2v) is 9.43. The van der Waals surface area contributed by atoms with Crippen molar-refractivity contribution in [1.29, 1.82) is 0 Å². The molecule has 0 aliphatic rings. The molecule has 2 heterocycles. The van der Waals surface area contributed by atoms with Crippen molar-refractivity contribution in [2.75, 3.05) is 6.26 Å². The molecule has 5 nitrogen and oxygen atoms in total. The molecular weight excluding hydrogens is 463 g/mol. The molecule has 0 spiro atoms. The summed E-state index contributed by atoms with van der Waals surface area (Å²) in [6, 6.07) is 16.0. The number of aromatic nitrogens is 3. The van der Waals surface area contributed by atoms with Crippen LogP contribution < -0.4 is 0 Å². The SMILES string of the molecule is CS(=O)(=O)c1cccc(-c2ccc(-n3cc(C(F)(F)F)nc3-c3ccccc3Cl)nc2)c1.